The second kappa shape index (κ2) is 8.24. The van der Waals surface area contributed by atoms with Gasteiger partial charge in [0.15, 0.2) is 13.2 Å². The predicted octanol–water partition coefficient (Wildman–Crippen LogP) is 1.39. The van der Waals surface area contributed by atoms with E-state index < -0.39 is 18.5 Å². The second-order valence-corrected chi connectivity index (χ2v) is 4.41. The van der Waals surface area contributed by atoms with Crippen LogP contribution in [-0.2, 0) is 20.9 Å². The van der Waals surface area contributed by atoms with Crippen LogP contribution in [0.25, 0.3) is 0 Å². The minimum atomic E-state index is -0.703. The van der Waals surface area contributed by atoms with Crippen molar-refractivity contribution in [1.82, 2.24) is 5.32 Å². The number of nitriles is 1. The molecule has 1 N–H and O–H groups in total. The molecular formula is C16H14N2O5. The fourth-order valence-corrected chi connectivity index (χ4v) is 1.66. The monoisotopic (exact) mass is 314 g/mol. The number of rotatable bonds is 7. The molecule has 0 saturated carbocycles. The van der Waals surface area contributed by atoms with Crippen molar-refractivity contribution < 1.29 is 23.5 Å². The zero-order chi connectivity index (χ0) is 16.5. The number of hydrogen-bond acceptors (Lipinski definition) is 6. The van der Waals surface area contributed by atoms with Crippen molar-refractivity contribution in [3.05, 3.63) is 54.0 Å². The third-order valence-corrected chi connectivity index (χ3v) is 2.76. The van der Waals surface area contributed by atoms with E-state index in [4.69, 9.17) is 19.2 Å². The maximum Gasteiger partial charge on any atom is 0.344 e. The summed E-state index contributed by atoms with van der Waals surface area (Å²) in [5.41, 5.74) is 0.316. The lowest BCUT2D eigenvalue weighted by Gasteiger charge is -2.08. The number of esters is 1. The van der Waals surface area contributed by atoms with Gasteiger partial charge in [0.1, 0.15) is 17.6 Å². The van der Waals surface area contributed by atoms with E-state index in [2.05, 4.69) is 5.32 Å². The van der Waals surface area contributed by atoms with Crippen molar-refractivity contribution in [2.45, 2.75) is 6.54 Å². The molecule has 0 aliphatic heterocycles. The van der Waals surface area contributed by atoms with Gasteiger partial charge in [-0.15, -0.1) is 0 Å². The number of nitrogens with one attached hydrogen (secondary N) is 1. The van der Waals surface area contributed by atoms with Crippen molar-refractivity contribution >= 4 is 11.9 Å². The molecule has 0 fully saturated rings. The van der Waals surface area contributed by atoms with Crippen LogP contribution in [0.4, 0.5) is 0 Å². The summed E-state index contributed by atoms with van der Waals surface area (Å²) < 4.78 is 15.0. The van der Waals surface area contributed by atoms with Gasteiger partial charge in [-0.1, -0.05) is 12.1 Å². The van der Waals surface area contributed by atoms with E-state index in [1.165, 1.54) is 6.26 Å². The van der Waals surface area contributed by atoms with Gasteiger partial charge in [-0.05, 0) is 24.3 Å². The molecule has 0 saturated heterocycles. The summed E-state index contributed by atoms with van der Waals surface area (Å²) in [5, 5.41) is 11.4. The van der Waals surface area contributed by atoms with Gasteiger partial charge in [-0.2, -0.15) is 5.26 Å². The number of furan rings is 1. The molecule has 0 spiro atoms. The Morgan fingerprint density at radius 1 is 1.17 bits per heavy atom. The summed E-state index contributed by atoms with van der Waals surface area (Å²) in [6.07, 6.45) is 1.50. The quantitative estimate of drug-likeness (QED) is 0.775. The summed E-state index contributed by atoms with van der Waals surface area (Å²) in [6, 6.07) is 11.9. The molecule has 0 unspecified atom stereocenters. The minimum absolute atomic E-state index is 0.218. The second-order valence-electron chi connectivity index (χ2n) is 4.41. The molecule has 0 atom stereocenters. The number of para-hydroxylation sites is 1. The minimum Gasteiger partial charge on any atom is -0.481 e. The molecule has 1 amide bonds. The van der Waals surface area contributed by atoms with E-state index in [0.29, 0.717) is 11.3 Å². The Bertz CT molecular complexity index is 704. The van der Waals surface area contributed by atoms with Gasteiger partial charge >= 0.3 is 5.97 Å². The van der Waals surface area contributed by atoms with Crippen molar-refractivity contribution in [3.8, 4) is 11.8 Å². The van der Waals surface area contributed by atoms with Crippen LogP contribution in [-0.4, -0.2) is 25.1 Å². The molecule has 0 aliphatic rings. The normalized spacial score (nSPS) is 9.70. The number of nitrogens with zero attached hydrogens (tertiary/aromatic N) is 1. The average molecular weight is 314 g/mol. The Morgan fingerprint density at radius 2 is 2.00 bits per heavy atom. The standard InChI is InChI=1S/C16H14N2O5/c17-8-12-4-1-2-6-14(12)22-11-16(20)23-10-15(19)18-9-13-5-3-7-21-13/h1-7H,9-11H2,(H,18,19). The van der Waals surface area contributed by atoms with Crippen LogP contribution in [0.2, 0.25) is 0 Å². The molecule has 23 heavy (non-hydrogen) atoms. The van der Waals surface area contributed by atoms with Crippen LogP contribution in [0.5, 0.6) is 5.75 Å². The summed E-state index contributed by atoms with van der Waals surface area (Å²) in [6.45, 7) is -0.581. The number of ether oxygens (including phenoxy) is 2. The van der Waals surface area contributed by atoms with E-state index >= 15 is 0 Å². The molecule has 7 nitrogen and oxygen atoms in total. The molecule has 1 aromatic heterocycles. The van der Waals surface area contributed by atoms with E-state index in [0.717, 1.165) is 0 Å². The number of hydrogen-bond donors (Lipinski definition) is 1. The maximum atomic E-state index is 11.5. The highest BCUT2D eigenvalue weighted by molar-refractivity contribution is 5.80. The van der Waals surface area contributed by atoms with Crippen LogP contribution < -0.4 is 10.1 Å². The number of benzene rings is 1. The van der Waals surface area contributed by atoms with E-state index in [-0.39, 0.29) is 18.9 Å². The van der Waals surface area contributed by atoms with Gasteiger partial charge in [0.05, 0.1) is 18.4 Å². The largest absolute Gasteiger partial charge is 0.481 e. The molecule has 7 heteroatoms. The SMILES string of the molecule is N#Cc1ccccc1OCC(=O)OCC(=O)NCc1ccco1. The lowest BCUT2D eigenvalue weighted by molar-refractivity contribution is -0.150. The number of carbonyl (C=O) groups is 2. The van der Waals surface area contributed by atoms with E-state index in [9.17, 15) is 9.59 Å². The zero-order valence-electron chi connectivity index (χ0n) is 12.2. The molecule has 0 aliphatic carbocycles. The number of amides is 1. The fraction of sp³-hybridized carbons (Fsp3) is 0.188. The molecule has 1 aromatic carbocycles. The predicted molar refractivity (Wildman–Crippen MR) is 78.2 cm³/mol. The highest BCUT2D eigenvalue weighted by Gasteiger charge is 2.10. The smallest absolute Gasteiger partial charge is 0.344 e. The highest BCUT2D eigenvalue weighted by atomic mass is 16.6. The first-order valence-corrected chi connectivity index (χ1v) is 6.75. The van der Waals surface area contributed by atoms with Crippen LogP contribution in [0.15, 0.2) is 47.1 Å². The highest BCUT2D eigenvalue weighted by Crippen LogP contribution is 2.16. The molecular weight excluding hydrogens is 300 g/mol. The van der Waals surface area contributed by atoms with Gasteiger partial charge < -0.3 is 19.2 Å². The first kappa shape index (κ1) is 16.1. The summed E-state index contributed by atoms with van der Waals surface area (Å²) >= 11 is 0. The maximum absolute atomic E-state index is 11.5. The van der Waals surface area contributed by atoms with E-state index in [1.807, 2.05) is 6.07 Å². The Morgan fingerprint density at radius 3 is 2.74 bits per heavy atom. The molecule has 2 rings (SSSR count). The van der Waals surface area contributed by atoms with Gasteiger partial charge in [-0.25, -0.2) is 4.79 Å². The summed E-state index contributed by atoms with van der Waals surface area (Å²) in [7, 11) is 0. The average Bonchev–Trinajstić information content (AvgIpc) is 3.10. The Kier molecular flexibility index (Phi) is 5.77. The zero-order valence-corrected chi connectivity index (χ0v) is 12.2. The van der Waals surface area contributed by atoms with Crippen LogP contribution in [0, 0.1) is 11.3 Å². The van der Waals surface area contributed by atoms with Crippen LogP contribution >= 0.6 is 0 Å². The lowest BCUT2D eigenvalue weighted by Crippen LogP contribution is -2.29. The van der Waals surface area contributed by atoms with Crippen molar-refractivity contribution in [2.75, 3.05) is 13.2 Å². The van der Waals surface area contributed by atoms with Gasteiger partial charge in [0.2, 0.25) is 0 Å². The van der Waals surface area contributed by atoms with Gasteiger partial charge in [0.25, 0.3) is 5.91 Å². The van der Waals surface area contributed by atoms with Crippen molar-refractivity contribution in [1.29, 1.82) is 5.26 Å². The lowest BCUT2D eigenvalue weighted by atomic mass is 10.2. The molecule has 118 valence electrons. The Hall–Kier alpha value is -3.27. The van der Waals surface area contributed by atoms with Gasteiger partial charge in [-0.3, -0.25) is 4.79 Å². The van der Waals surface area contributed by atoms with Crippen LogP contribution in [0.3, 0.4) is 0 Å². The first-order chi connectivity index (χ1) is 11.2. The molecule has 0 radical (unpaired) electrons. The van der Waals surface area contributed by atoms with Crippen molar-refractivity contribution in [2.24, 2.45) is 0 Å². The third-order valence-electron chi connectivity index (χ3n) is 2.76. The summed E-state index contributed by atoms with van der Waals surface area (Å²) in [4.78, 5) is 23.0. The first-order valence-electron chi connectivity index (χ1n) is 6.75. The molecule has 1 heterocycles. The van der Waals surface area contributed by atoms with Crippen molar-refractivity contribution in [3.63, 3.8) is 0 Å². The topological polar surface area (TPSA) is 102 Å². The molecule has 2 aromatic rings. The van der Waals surface area contributed by atoms with E-state index in [1.54, 1.807) is 36.4 Å². The van der Waals surface area contributed by atoms with Gasteiger partial charge in [0, 0.05) is 0 Å². The molecule has 0 bridgehead atoms. The van der Waals surface area contributed by atoms with Crippen LogP contribution in [0.1, 0.15) is 11.3 Å². The fourth-order valence-electron chi connectivity index (χ4n) is 1.66. The summed E-state index contributed by atoms with van der Waals surface area (Å²) in [5.74, 6) is -0.270. The third kappa shape index (κ3) is 5.21. The Labute approximate surface area is 132 Å². The Balaban J connectivity index is 1.68. The number of carbonyl (C=O) groups excluding carboxylic acids is 2.